The Morgan fingerprint density at radius 1 is 1.11 bits per heavy atom. The zero-order valence-electron chi connectivity index (χ0n) is 15.2. The number of carbonyl (C=O) groups is 1. The van der Waals surface area contributed by atoms with E-state index in [1.165, 1.54) is 11.1 Å². The van der Waals surface area contributed by atoms with Crippen molar-refractivity contribution in [1.82, 2.24) is 5.32 Å². The van der Waals surface area contributed by atoms with Gasteiger partial charge in [0.25, 0.3) is 5.91 Å². The number of benzene rings is 3. The molecule has 3 rings (SSSR count). The highest BCUT2D eigenvalue weighted by Crippen LogP contribution is 2.32. The molecule has 0 fully saturated rings. The van der Waals surface area contributed by atoms with Crippen molar-refractivity contribution in [3.05, 3.63) is 76.3 Å². The van der Waals surface area contributed by atoms with Crippen LogP contribution in [-0.2, 0) is 10.5 Å². The fourth-order valence-electron chi connectivity index (χ4n) is 2.77. The number of halogens is 1. The molecule has 0 aliphatic rings. The molecule has 0 unspecified atom stereocenters. The first-order valence-corrected chi connectivity index (χ1v) is 10.8. The van der Waals surface area contributed by atoms with Gasteiger partial charge < -0.3 is 10.1 Å². The first-order chi connectivity index (χ1) is 13.1. The van der Waals surface area contributed by atoms with Gasteiger partial charge in [0, 0.05) is 18.1 Å². The summed E-state index contributed by atoms with van der Waals surface area (Å²) in [5, 5.41) is 5.11. The highest BCUT2D eigenvalue weighted by molar-refractivity contribution is 9.10. The molecule has 0 aliphatic heterocycles. The van der Waals surface area contributed by atoms with E-state index in [0.717, 1.165) is 26.8 Å². The summed E-state index contributed by atoms with van der Waals surface area (Å²) >= 11 is 5.38. The van der Waals surface area contributed by atoms with E-state index < -0.39 is 0 Å². The summed E-state index contributed by atoms with van der Waals surface area (Å²) in [4.78, 5) is 12.0. The maximum atomic E-state index is 12.0. The summed E-state index contributed by atoms with van der Waals surface area (Å²) < 4.78 is 6.56. The molecule has 0 atom stereocenters. The average Bonchev–Trinajstić information content (AvgIpc) is 2.67. The lowest BCUT2D eigenvalue weighted by Gasteiger charge is -2.11. The fraction of sp³-hybridized carbons (Fsp3) is 0.227. The highest BCUT2D eigenvalue weighted by atomic mass is 79.9. The Morgan fingerprint density at radius 3 is 2.81 bits per heavy atom. The van der Waals surface area contributed by atoms with Crippen LogP contribution in [0.1, 0.15) is 11.1 Å². The van der Waals surface area contributed by atoms with E-state index in [-0.39, 0.29) is 12.5 Å². The lowest BCUT2D eigenvalue weighted by molar-refractivity contribution is -0.122. The molecule has 1 amide bonds. The predicted octanol–water partition coefficient (Wildman–Crippen LogP) is 5.34. The largest absolute Gasteiger partial charge is 0.483 e. The molecular weight excluding hydrogens is 422 g/mol. The SMILES string of the molecule is Cc1cccc(CSCCNC(=O)COc2ccc3ccccc3c2Br)c1. The maximum absolute atomic E-state index is 12.0. The van der Waals surface area contributed by atoms with Gasteiger partial charge in [-0.05, 0) is 45.3 Å². The van der Waals surface area contributed by atoms with Crippen molar-refractivity contribution in [2.45, 2.75) is 12.7 Å². The Kier molecular flexibility index (Phi) is 7.18. The molecule has 0 spiro atoms. The summed E-state index contributed by atoms with van der Waals surface area (Å²) in [5.41, 5.74) is 2.59. The fourth-order valence-corrected chi connectivity index (χ4v) is 4.19. The van der Waals surface area contributed by atoms with Crippen LogP contribution in [0.15, 0.2) is 65.1 Å². The Morgan fingerprint density at radius 2 is 1.96 bits per heavy atom. The Balaban J connectivity index is 1.39. The number of carbonyl (C=O) groups excluding carboxylic acids is 1. The first-order valence-electron chi connectivity index (χ1n) is 8.83. The van der Waals surface area contributed by atoms with Gasteiger partial charge in [0.2, 0.25) is 0 Å². The van der Waals surface area contributed by atoms with E-state index in [1.54, 1.807) is 0 Å². The maximum Gasteiger partial charge on any atom is 0.257 e. The van der Waals surface area contributed by atoms with Crippen molar-refractivity contribution in [3.63, 3.8) is 0 Å². The monoisotopic (exact) mass is 443 g/mol. The van der Waals surface area contributed by atoms with Gasteiger partial charge in [0.05, 0.1) is 4.47 Å². The van der Waals surface area contributed by atoms with Crippen LogP contribution in [0.2, 0.25) is 0 Å². The van der Waals surface area contributed by atoms with Crippen molar-refractivity contribution in [1.29, 1.82) is 0 Å². The Labute approximate surface area is 172 Å². The third kappa shape index (κ3) is 5.75. The molecule has 0 heterocycles. The van der Waals surface area contributed by atoms with Crippen LogP contribution in [0, 0.1) is 6.92 Å². The summed E-state index contributed by atoms with van der Waals surface area (Å²) in [6.07, 6.45) is 0. The molecule has 3 aromatic rings. The number of rotatable bonds is 8. The van der Waals surface area contributed by atoms with Crippen LogP contribution < -0.4 is 10.1 Å². The molecule has 27 heavy (non-hydrogen) atoms. The van der Waals surface area contributed by atoms with Gasteiger partial charge in [0.1, 0.15) is 5.75 Å². The number of amides is 1. The van der Waals surface area contributed by atoms with Crippen LogP contribution in [0.25, 0.3) is 10.8 Å². The molecule has 0 bridgehead atoms. The summed E-state index contributed by atoms with van der Waals surface area (Å²) in [6, 6.07) is 20.4. The Hall–Kier alpha value is -1.98. The minimum Gasteiger partial charge on any atom is -0.483 e. The third-order valence-corrected chi connectivity index (χ3v) is 5.95. The van der Waals surface area contributed by atoms with Crippen LogP contribution in [-0.4, -0.2) is 24.8 Å². The Bertz CT molecular complexity index is 929. The number of hydrogen-bond donors (Lipinski definition) is 1. The second kappa shape index (κ2) is 9.81. The summed E-state index contributed by atoms with van der Waals surface area (Å²) in [6.45, 7) is 2.75. The molecule has 5 heteroatoms. The van der Waals surface area contributed by atoms with Crippen molar-refractivity contribution in [3.8, 4) is 5.75 Å². The van der Waals surface area contributed by atoms with E-state index in [4.69, 9.17) is 4.74 Å². The van der Waals surface area contributed by atoms with Gasteiger partial charge >= 0.3 is 0 Å². The number of thioether (sulfide) groups is 1. The molecule has 3 aromatic carbocycles. The lowest BCUT2D eigenvalue weighted by Crippen LogP contribution is -2.30. The molecule has 0 aliphatic carbocycles. The van der Waals surface area contributed by atoms with E-state index in [1.807, 2.05) is 48.2 Å². The van der Waals surface area contributed by atoms with Gasteiger partial charge in [0.15, 0.2) is 6.61 Å². The van der Waals surface area contributed by atoms with Crippen molar-refractivity contribution in [2.75, 3.05) is 18.9 Å². The second-order valence-corrected chi connectivity index (χ2v) is 8.18. The minimum absolute atomic E-state index is 0.0134. The van der Waals surface area contributed by atoms with Crippen molar-refractivity contribution in [2.24, 2.45) is 0 Å². The molecule has 0 saturated heterocycles. The molecule has 0 radical (unpaired) electrons. The summed E-state index contributed by atoms with van der Waals surface area (Å²) in [5.74, 6) is 2.40. The number of ether oxygens (including phenoxy) is 1. The lowest BCUT2D eigenvalue weighted by atomic mass is 10.1. The van der Waals surface area contributed by atoms with E-state index in [2.05, 4.69) is 52.4 Å². The third-order valence-electron chi connectivity index (χ3n) is 4.11. The van der Waals surface area contributed by atoms with E-state index in [9.17, 15) is 4.79 Å². The number of fused-ring (bicyclic) bond motifs is 1. The smallest absolute Gasteiger partial charge is 0.257 e. The highest BCUT2D eigenvalue weighted by Gasteiger charge is 2.08. The van der Waals surface area contributed by atoms with Gasteiger partial charge in [-0.1, -0.05) is 60.2 Å². The van der Waals surface area contributed by atoms with Crippen molar-refractivity contribution < 1.29 is 9.53 Å². The average molecular weight is 444 g/mol. The predicted molar refractivity (Wildman–Crippen MR) is 117 cm³/mol. The van der Waals surface area contributed by atoms with Crippen LogP contribution >= 0.6 is 27.7 Å². The van der Waals surface area contributed by atoms with Crippen LogP contribution in [0.3, 0.4) is 0 Å². The summed E-state index contributed by atoms with van der Waals surface area (Å²) in [7, 11) is 0. The van der Waals surface area contributed by atoms with Crippen LogP contribution in [0.4, 0.5) is 0 Å². The van der Waals surface area contributed by atoms with Gasteiger partial charge in [-0.15, -0.1) is 0 Å². The van der Waals surface area contributed by atoms with Gasteiger partial charge in [-0.3, -0.25) is 4.79 Å². The second-order valence-electron chi connectivity index (χ2n) is 6.28. The van der Waals surface area contributed by atoms with Crippen LogP contribution in [0.5, 0.6) is 5.75 Å². The number of aryl methyl sites for hydroxylation is 1. The molecule has 1 N–H and O–H groups in total. The number of nitrogens with one attached hydrogen (secondary N) is 1. The zero-order valence-corrected chi connectivity index (χ0v) is 17.6. The standard InChI is InChI=1S/C22H22BrNO2S/c1-16-5-4-6-17(13-16)15-27-12-11-24-21(25)14-26-20-10-9-18-7-2-3-8-19(18)22(20)23/h2-10,13H,11-12,14-15H2,1H3,(H,24,25). The number of hydrogen-bond acceptors (Lipinski definition) is 3. The van der Waals surface area contributed by atoms with Crippen molar-refractivity contribution >= 4 is 44.4 Å². The quantitative estimate of drug-likeness (QED) is 0.477. The molecule has 0 aromatic heterocycles. The minimum atomic E-state index is -0.105. The normalized spacial score (nSPS) is 10.7. The van der Waals surface area contributed by atoms with E-state index in [0.29, 0.717) is 12.3 Å². The van der Waals surface area contributed by atoms with Gasteiger partial charge in [-0.2, -0.15) is 11.8 Å². The topological polar surface area (TPSA) is 38.3 Å². The zero-order chi connectivity index (χ0) is 19.1. The first kappa shape index (κ1) is 19.8. The molecule has 3 nitrogen and oxygen atoms in total. The molecular formula is C22H22BrNO2S. The molecule has 140 valence electrons. The van der Waals surface area contributed by atoms with Gasteiger partial charge in [-0.25, -0.2) is 0 Å². The molecule has 0 saturated carbocycles. The van der Waals surface area contributed by atoms with E-state index >= 15 is 0 Å².